The van der Waals surface area contributed by atoms with Crippen LogP contribution >= 0.6 is 0 Å². The monoisotopic (exact) mass is 774 g/mol. The van der Waals surface area contributed by atoms with E-state index in [1.54, 1.807) is 0 Å². The topological polar surface area (TPSA) is 0 Å². The summed E-state index contributed by atoms with van der Waals surface area (Å²) in [5, 5.41) is 21.6. The average Bonchev–Trinajstić information content (AvgIpc) is 3.69. The fourth-order valence-electron chi connectivity index (χ4n) is 10.8. The van der Waals surface area contributed by atoms with E-state index in [4.69, 9.17) is 0 Å². The Labute approximate surface area is 354 Å². The molecule has 0 radical (unpaired) electrons. The first kappa shape index (κ1) is 37.1. The van der Waals surface area contributed by atoms with E-state index in [0.717, 1.165) is 0 Å². The van der Waals surface area contributed by atoms with Gasteiger partial charge in [-0.25, -0.2) is 0 Å². The molecule has 0 saturated carbocycles. The summed E-state index contributed by atoms with van der Waals surface area (Å²) in [7, 11) is 0. The molecule has 0 aromatic heterocycles. The molecule has 0 bridgehead atoms. The Bertz CT molecular complexity index is 3410. The third kappa shape index (κ3) is 5.22. The van der Waals surface area contributed by atoms with Crippen molar-refractivity contribution in [2.24, 2.45) is 0 Å². The number of aryl methyl sites for hydroxylation is 6. The molecular weight excluding hydrogens is 721 g/mol. The van der Waals surface area contributed by atoms with Crippen LogP contribution in [-0.4, -0.2) is 0 Å². The van der Waals surface area contributed by atoms with Crippen LogP contribution in [0.15, 0.2) is 109 Å². The second-order valence-corrected chi connectivity index (χ2v) is 20.5. The molecule has 0 nitrogen and oxygen atoms in total. The SMILES string of the molecule is Cc1cc(C)c(-c2cc3c4ccc5c(cc6c7ccc(C(C)(C)C)cc7c7cc(-c8cc(C)c(C)cc8C)cc5c76)c4cc4c5ccc(C(C)(C)C)cc5c(c2)c34)cc1C. The van der Waals surface area contributed by atoms with E-state index in [9.17, 15) is 0 Å². The van der Waals surface area contributed by atoms with Crippen molar-refractivity contribution in [1.29, 1.82) is 0 Å². The van der Waals surface area contributed by atoms with Crippen molar-refractivity contribution in [3.63, 3.8) is 0 Å². The lowest BCUT2D eigenvalue weighted by Crippen LogP contribution is -2.10. The van der Waals surface area contributed by atoms with E-state index in [1.165, 1.54) is 153 Å². The van der Waals surface area contributed by atoms with Crippen molar-refractivity contribution in [2.75, 3.05) is 0 Å². The van der Waals surface area contributed by atoms with Crippen LogP contribution < -0.4 is 0 Å². The second-order valence-electron chi connectivity index (χ2n) is 20.5. The van der Waals surface area contributed by atoms with Gasteiger partial charge in [-0.2, -0.15) is 0 Å². The summed E-state index contributed by atoms with van der Waals surface area (Å²) < 4.78 is 0. The van der Waals surface area contributed by atoms with Crippen LogP contribution in [0.1, 0.15) is 86.1 Å². The maximum absolute atomic E-state index is 2.54. The lowest BCUT2D eigenvalue weighted by atomic mass is 9.86. The summed E-state index contributed by atoms with van der Waals surface area (Å²) in [6, 6.07) is 44.0. The Morgan fingerprint density at radius 2 is 0.533 bits per heavy atom. The Kier molecular flexibility index (Phi) is 7.59. The molecule has 0 heterocycles. The lowest BCUT2D eigenvalue weighted by molar-refractivity contribution is 0.591. The molecule has 0 aliphatic carbocycles. The second kappa shape index (κ2) is 12.3. The Balaban J connectivity index is 1.32. The highest BCUT2D eigenvalue weighted by molar-refractivity contribution is 6.40. The molecule has 60 heavy (non-hydrogen) atoms. The van der Waals surface area contributed by atoms with Gasteiger partial charge in [0.15, 0.2) is 0 Å². The lowest BCUT2D eigenvalue weighted by Gasteiger charge is -2.19. The van der Waals surface area contributed by atoms with Crippen molar-refractivity contribution in [3.8, 4) is 22.3 Å². The van der Waals surface area contributed by atoms with Crippen LogP contribution in [0, 0.1) is 41.5 Å². The van der Waals surface area contributed by atoms with Crippen molar-refractivity contribution in [2.45, 2.75) is 93.9 Å². The fraction of sp³-hybridized carbons (Fsp3) is 0.233. The van der Waals surface area contributed by atoms with Crippen molar-refractivity contribution >= 4 is 86.2 Å². The van der Waals surface area contributed by atoms with Gasteiger partial charge in [0, 0.05) is 0 Å². The predicted octanol–water partition coefficient (Wildman–Crippen LogP) is 17.6. The molecule has 0 N–H and O–H groups in total. The van der Waals surface area contributed by atoms with Gasteiger partial charge in [-0.15, -0.1) is 0 Å². The van der Waals surface area contributed by atoms with E-state index >= 15 is 0 Å². The van der Waals surface area contributed by atoms with Gasteiger partial charge in [0.1, 0.15) is 0 Å². The molecule has 11 aromatic carbocycles. The van der Waals surface area contributed by atoms with Gasteiger partial charge in [0.05, 0.1) is 0 Å². The highest BCUT2D eigenvalue weighted by Crippen LogP contribution is 2.50. The molecule has 11 rings (SSSR count). The van der Waals surface area contributed by atoms with Crippen LogP contribution in [0.3, 0.4) is 0 Å². The van der Waals surface area contributed by atoms with Crippen molar-refractivity contribution < 1.29 is 0 Å². The summed E-state index contributed by atoms with van der Waals surface area (Å²) in [6.45, 7) is 27.5. The zero-order valence-electron chi connectivity index (χ0n) is 37.4. The number of hydrogen-bond donors (Lipinski definition) is 0. The number of rotatable bonds is 2. The minimum atomic E-state index is 0.0489. The maximum atomic E-state index is 2.54. The normalized spacial score (nSPS) is 13.0. The third-order valence-electron chi connectivity index (χ3n) is 14.5. The van der Waals surface area contributed by atoms with Gasteiger partial charge in [-0.05, 0) is 254 Å². The average molecular weight is 775 g/mol. The molecule has 11 aromatic rings. The van der Waals surface area contributed by atoms with E-state index < -0.39 is 0 Å². The van der Waals surface area contributed by atoms with Crippen LogP contribution in [0.25, 0.3) is 108 Å². The fourth-order valence-corrected chi connectivity index (χ4v) is 10.8. The first-order valence-corrected chi connectivity index (χ1v) is 21.9. The highest BCUT2D eigenvalue weighted by Gasteiger charge is 2.24. The minimum Gasteiger partial charge on any atom is -0.0578 e. The molecule has 0 fully saturated rings. The van der Waals surface area contributed by atoms with E-state index in [2.05, 4.69) is 192 Å². The zero-order chi connectivity index (χ0) is 41.9. The largest absolute Gasteiger partial charge is 0.0578 e. The quantitative estimate of drug-likeness (QED) is 0.153. The first-order valence-electron chi connectivity index (χ1n) is 21.9. The highest BCUT2D eigenvalue weighted by atomic mass is 14.3. The molecule has 0 atom stereocenters. The molecule has 0 saturated heterocycles. The van der Waals surface area contributed by atoms with Gasteiger partial charge < -0.3 is 0 Å². The van der Waals surface area contributed by atoms with Crippen molar-refractivity contribution in [1.82, 2.24) is 0 Å². The molecule has 0 aliphatic rings. The molecule has 0 spiro atoms. The van der Waals surface area contributed by atoms with E-state index in [0.29, 0.717) is 0 Å². The van der Waals surface area contributed by atoms with E-state index in [-0.39, 0.29) is 10.8 Å². The van der Waals surface area contributed by atoms with Crippen LogP contribution in [0.5, 0.6) is 0 Å². The summed E-state index contributed by atoms with van der Waals surface area (Å²) in [4.78, 5) is 0. The number of benzene rings is 9. The van der Waals surface area contributed by atoms with Crippen LogP contribution in [0.4, 0.5) is 0 Å². The van der Waals surface area contributed by atoms with E-state index in [1.807, 2.05) is 0 Å². The van der Waals surface area contributed by atoms with Crippen LogP contribution in [0.2, 0.25) is 0 Å². The molecule has 294 valence electrons. The summed E-state index contributed by atoms with van der Waals surface area (Å²) in [5.41, 5.74) is 16.1. The summed E-state index contributed by atoms with van der Waals surface area (Å²) in [5.74, 6) is 0. The minimum absolute atomic E-state index is 0.0489. The Morgan fingerprint density at radius 3 is 0.883 bits per heavy atom. The molecule has 0 aliphatic heterocycles. The Hall–Kier alpha value is -5.98. The standard InChI is InChI=1S/C60H54/c1-31-19-35(5)45(21-33(31)3)37-23-51-43-17-18-44-50(49(43)29-55-41-15-13-39(59(7,8)9)27-47(41)53(25-37)57(51)55)30-56-42-16-14-40(60(10,11)12)28-48(42)54-26-38(24-52(44)58(54)56)46-22-34(4)32(2)20-36(46)6/h13-30H,1-12H3. The van der Waals surface area contributed by atoms with Crippen LogP contribution in [-0.2, 0) is 10.8 Å². The molecule has 0 unspecified atom stereocenters. The van der Waals surface area contributed by atoms with Gasteiger partial charge in [0.25, 0.3) is 0 Å². The third-order valence-corrected chi connectivity index (χ3v) is 14.5. The van der Waals surface area contributed by atoms with Gasteiger partial charge in [0.2, 0.25) is 0 Å². The summed E-state index contributed by atoms with van der Waals surface area (Å²) >= 11 is 0. The van der Waals surface area contributed by atoms with Gasteiger partial charge in [-0.3, -0.25) is 0 Å². The van der Waals surface area contributed by atoms with Crippen molar-refractivity contribution in [3.05, 3.63) is 154 Å². The first-order chi connectivity index (χ1) is 28.5. The predicted molar refractivity (Wildman–Crippen MR) is 266 cm³/mol. The number of fused-ring (bicyclic) bond motifs is 11. The smallest absolute Gasteiger partial charge is 0.00195 e. The zero-order valence-corrected chi connectivity index (χ0v) is 37.4. The molecule has 0 amide bonds. The van der Waals surface area contributed by atoms with Gasteiger partial charge in [-0.1, -0.05) is 102 Å². The Morgan fingerprint density at radius 1 is 0.250 bits per heavy atom. The van der Waals surface area contributed by atoms with Gasteiger partial charge >= 0.3 is 0 Å². The molecule has 0 heteroatoms. The molecular formula is C60H54. The number of hydrogen-bond acceptors (Lipinski definition) is 0. The summed E-state index contributed by atoms with van der Waals surface area (Å²) in [6.07, 6.45) is 0. The maximum Gasteiger partial charge on any atom is -0.00195 e.